The topological polar surface area (TPSA) is 95.9 Å². The molecule has 5 rings (SSSR count). The van der Waals surface area contributed by atoms with E-state index in [9.17, 15) is 26.4 Å². The van der Waals surface area contributed by atoms with Gasteiger partial charge < -0.3 is 9.84 Å². The fourth-order valence-corrected chi connectivity index (χ4v) is 8.92. The zero-order valence-electron chi connectivity index (χ0n) is 24.0. The lowest BCUT2D eigenvalue weighted by Gasteiger charge is -2.37. The molecule has 0 bridgehead atoms. The summed E-state index contributed by atoms with van der Waals surface area (Å²) in [5, 5.41) is 8.83. The highest BCUT2D eigenvalue weighted by atomic mass is 32.2. The molecule has 2 N–H and O–H groups in total. The van der Waals surface area contributed by atoms with Crippen LogP contribution in [0.2, 0.25) is 0 Å². The number of hydrogen-bond donors (Lipinski definition) is 2. The molecule has 1 saturated heterocycles. The van der Waals surface area contributed by atoms with Gasteiger partial charge in [-0.05, 0) is 29.2 Å². The molecule has 4 aromatic rings. The van der Waals surface area contributed by atoms with Crippen LogP contribution in [-0.2, 0) is 31.1 Å². The van der Waals surface area contributed by atoms with E-state index in [1.165, 1.54) is 4.31 Å². The van der Waals surface area contributed by atoms with E-state index >= 15 is 0 Å². The largest absolute Gasteiger partial charge is 0.480 e. The maximum absolute atomic E-state index is 14.2. The Bertz CT molecular complexity index is 1620. The Labute approximate surface area is 264 Å². The molecule has 0 saturated carbocycles. The van der Waals surface area contributed by atoms with E-state index < -0.39 is 57.6 Å². The van der Waals surface area contributed by atoms with E-state index in [2.05, 4.69) is 4.72 Å². The van der Waals surface area contributed by atoms with E-state index in [0.29, 0.717) is 18.6 Å². The average Bonchev–Trinajstić information content (AvgIpc) is 3.46. The van der Waals surface area contributed by atoms with E-state index in [-0.39, 0.29) is 24.0 Å². The average molecular weight is 657 g/mol. The van der Waals surface area contributed by atoms with E-state index in [1.54, 1.807) is 11.8 Å². The number of halogens is 3. The van der Waals surface area contributed by atoms with Crippen LogP contribution in [0.4, 0.5) is 13.2 Å². The second-order valence-electron chi connectivity index (χ2n) is 10.6. The Balaban J connectivity index is 1.48. The van der Waals surface area contributed by atoms with Gasteiger partial charge in [0.25, 0.3) is 10.2 Å². The summed E-state index contributed by atoms with van der Waals surface area (Å²) in [6.45, 7) is -1.40. The first-order valence-electron chi connectivity index (χ1n) is 14.1. The highest BCUT2D eigenvalue weighted by Gasteiger charge is 2.46. The zero-order chi connectivity index (χ0) is 32.0. The third kappa shape index (κ3) is 7.42. The summed E-state index contributed by atoms with van der Waals surface area (Å²) in [6.07, 6.45) is 0.313. The fraction of sp³-hybridized carbons (Fsp3) is 0.242. The van der Waals surface area contributed by atoms with Crippen LogP contribution in [0, 0.1) is 17.5 Å². The van der Waals surface area contributed by atoms with Gasteiger partial charge in [-0.1, -0.05) is 91.0 Å². The number of thioether (sulfide) groups is 1. The molecule has 0 aromatic heterocycles. The number of rotatable bonds is 13. The summed E-state index contributed by atoms with van der Waals surface area (Å²) in [5.41, 5.74) is 2.74. The van der Waals surface area contributed by atoms with Crippen molar-refractivity contribution in [2.24, 2.45) is 0 Å². The molecule has 2 atom stereocenters. The van der Waals surface area contributed by atoms with Crippen molar-refractivity contribution in [2.75, 3.05) is 19.7 Å². The number of hydrogen-bond acceptors (Lipinski definition) is 5. The van der Waals surface area contributed by atoms with Crippen molar-refractivity contribution >= 4 is 27.9 Å². The highest BCUT2D eigenvalue weighted by Crippen LogP contribution is 2.52. The van der Waals surface area contributed by atoms with Crippen molar-refractivity contribution in [2.45, 2.75) is 29.1 Å². The van der Waals surface area contributed by atoms with Crippen molar-refractivity contribution < 1.29 is 36.2 Å². The molecular weight excluding hydrogens is 626 g/mol. The monoisotopic (exact) mass is 656 g/mol. The second-order valence-corrected chi connectivity index (χ2v) is 13.8. The van der Waals surface area contributed by atoms with Crippen LogP contribution in [0.5, 0.6) is 0 Å². The third-order valence-electron chi connectivity index (χ3n) is 7.58. The normalized spacial score (nSPS) is 17.4. The van der Waals surface area contributed by atoms with E-state index in [4.69, 9.17) is 9.84 Å². The molecule has 0 spiro atoms. The van der Waals surface area contributed by atoms with Crippen LogP contribution in [0.1, 0.15) is 28.7 Å². The lowest BCUT2D eigenvalue weighted by atomic mass is 9.84. The minimum absolute atomic E-state index is 0.0292. The quantitative estimate of drug-likeness (QED) is 0.142. The van der Waals surface area contributed by atoms with Crippen LogP contribution in [0.3, 0.4) is 0 Å². The maximum Gasteiger partial charge on any atom is 0.318 e. The van der Waals surface area contributed by atoms with Crippen LogP contribution < -0.4 is 4.72 Å². The van der Waals surface area contributed by atoms with Gasteiger partial charge in [0.15, 0.2) is 11.6 Å². The predicted molar refractivity (Wildman–Crippen MR) is 166 cm³/mol. The van der Waals surface area contributed by atoms with Crippen LogP contribution >= 0.6 is 11.8 Å². The number of nitrogens with one attached hydrogen (secondary N) is 1. The van der Waals surface area contributed by atoms with Gasteiger partial charge in [0.1, 0.15) is 12.4 Å². The Morgan fingerprint density at radius 1 is 0.867 bits per heavy atom. The first-order valence-corrected chi connectivity index (χ1v) is 16.5. The Hall–Kier alpha value is -3.68. The second kappa shape index (κ2) is 14.2. The molecule has 0 amide bonds. The summed E-state index contributed by atoms with van der Waals surface area (Å²) in [4.78, 5) is 11.2. The lowest BCUT2D eigenvalue weighted by Crippen LogP contribution is -2.46. The molecule has 1 aliphatic heterocycles. The molecule has 7 nitrogen and oxygen atoms in total. The molecule has 45 heavy (non-hydrogen) atoms. The predicted octanol–water partition coefficient (Wildman–Crippen LogP) is 5.71. The third-order valence-corrected chi connectivity index (χ3v) is 10.9. The van der Waals surface area contributed by atoms with Crippen LogP contribution in [0.15, 0.2) is 103 Å². The Kier molecular flexibility index (Phi) is 10.3. The SMILES string of the molecule is O=C(O)CNS(=O)(=O)N1CC(SC(c2ccccc2)(c2ccccc2)c2ccccc2)CC1COCc1cc(F)c(F)cc1F. The van der Waals surface area contributed by atoms with Gasteiger partial charge in [0, 0.05) is 23.4 Å². The first kappa shape index (κ1) is 32.7. The lowest BCUT2D eigenvalue weighted by molar-refractivity contribution is -0.135. The summed E-state index contributed by atoms with van der Waals surface area (Å²) in [7, 11) is -4.28. The molecule has 0 aliphatic carbocycles. The standard InChI is InChI=1S/C33H31F3N2O5S2/c34-29-18-31(36)30(35)16-23(29)21-43-22-27-17-28(20-38(27)45(41,42)37-19-32(39)40)44-33(24-10-4-1-5-11-24,25-12-6-2-7-13-25)26-14-8-3-9-15-26/h1-16,18,27-28,37H,17,19-22H2,(H,39,40). The van der Waals surface area contributed by atoms with Crippen molar-refractivity contribution in [3.8, 4) is 0 Å². The molecule has 4 aromatic carbocycles. The van der Waals surface area contributed by atoms with E-state index in [1.807, 2.05) is 91.0 Å². The molecule has 2 unspecified atom stereocenters. The molecule has 236 valence electrons. The summed E-state index contributed by atoms with van der Waals surface area (Å²) < 4.78 is 76.4. The number of aliphatic carboxylic acids is 1. The maximum atomic E-state index is 14.2. The first-order chi connectivity index (χ1) is 21.6. The molecule has 1 fully saturated rings. The fourth-order valence-electron chi connectivity index (χ4n) is 5.56. The van der Waals surface area contributed by atoms with Crippen LogP contribution in [-0.4, -0.2) is 54.8 Å². The van der Waals surface area contributed by atoms with Gasteiger partial charge in [-0.25, -0.2) is 13.2 Å². The van der Waals surface area contributed by atoms with Crippen molar-refractivity contribution in [3.05, 3.63) is 143 Å². The molecule has 0 radical (unpaired) electrons. The van der Waals surface area contributed by atoms with Gasteiger partial charge in [0.2, 0.25) is 0 Å². The molecular formula is C33H31F3N2O5S2. The molecule has 12 heteroatoms. The van der Waals surface area contributed by atoms with Gasteiger partial charge >= 0.3 is 5.97 Å². The highest BCUT2D eigenvalue weighted by molar-refractivity contribution is 8.01. The molecule has 1 heterocycles. The number of carbonyl (C=O) groups is 1. The van der Waals surface area contributed by atoms with Crippen molar-refractivity contribution in [1.82, 2.24) is 9.03 Å². The number of carboxylic acid groups (broad SMARTS) is 1. The Morgan fingerprint density at radius 2 is 1.38 bits per heavy atom. The van der Waals surface area contributed by atoms with Crippen molar-refractivity contribution in [1.29, 1.82) is 0 Å². The number of ether oxygens (including phenoxy) is 1. The summed E-state index contributed by atoms with van der Waals surface area (Å²) in [5.74, 6) is -4.89. The minimum Gasteiger partial charge on any atom is -0.480 e. The molecule has 1 aliphatic rings. The van der Waals surface area contributed by atoms with Gasteiger partial charge in [-0.2, -0.15) is 17.4 Å². The zero-order valence-corrected chi connectivity index (χ0v) is 25.6. The van der Waals surface area contributed by atoms with Crippen LogP contribution in [0.25, 0.3) is 0 Å². The number of nitrogens with zero attached hydrogens (tertiary/aromatic N) is 1. The van der Waals surface area contributed by atoms with E-state index in [0.717, 1.165) is 16.7 Å². The Morgan fingerprint density at radius 3 is 1.89 bits per heavy atom. The summed E-state index contributed by atoms with van der Waals surface area (Å²) in [6, 6.07) is 30.0. The van der Waals surface area contributed by atoms with Gasteiger partial charge in [-0.3, -0.25) is 4.79 Å². The minimum atomic E-state index is -4.28. The number of carboxylic acids is 1. The number of benzene rings is 4. The smallest absolute Gasteiger partial charge is 0.318 e. The summed E-state index contributed by atoms with van der Waals surface area (Å²) >= 11 is 1.59. The van der Waals surface area contributed by atoms with Crippen molar-refractivity contribution in [3.63, 3.8) is 0 Å². The van der Waals surface area contributed by atoms with Gasteiger partial charge in [0.05, 0.1) is 24.0 Å². The van der Waals surface area contributed by atoms with Gasteiger partial charge in [-0.15, -0.1) is 11.8 Å².